The Morgan fingerprint density at radius 3 is 1.91 bits per heavy atom. The van der Waals surface area contributed by atoms with Crippen molar-refractivity contribution in [3.63, 3.8) is 0 Å². The van der Waals surface area contributed by atoms with Crippen LogP contribution in [-0.2, 0) is 9.47 Å². The van der Waals surface area contributed by atoms with Crippen molar-refractivity contribution in [1.29, 1.82) is 0 Å². The first-order chi connectivity index (χ1) is 10.5. The zero-order chi connectivity index (χ0) is 17.3. The highest BCUT2D eigenvalue weighted by molar-refractivity contribution is 4.93. The lowest BCUT2D eigenvalue weighted by Crippen LogP contribution is -2.56. The lowest BCUT2D eigenvalue weighted by Gasteiger charge is -2.47. The standard InChI is InChI=1S/C19H38N2O2/c1-17(2,3)22-15-12-16(13-15)23-19(6,7)14-18(4,5)21-10-8-20-9-11-21/h15-16,20H,8-14H2,1-7H3. The molecular weight excluding hydrogens is 288 g/mol. The number of ether oxygens (including phenoxy) is 2. The van der Waals surface area contributed by atoms with Crippen molar-refractivity contribution in [1.82, 2.24) is 10.2 Å². The largest absolute Gasteiger partial charge is 0.372 e. The van der Waals surface area contributed by atoms with Gasteiger partial charge in [-0.25, -0.2) is 0 Å². The summed E-state index contributed by atoms with van der Waals surface area (Å²) in [6.45, 7) is 20.0. The highest BCUT2D eigenvalue weighted by Gasteiger charge is 2.40. The minimum absolute atomic E-state index is 0.0462. The lowest BCUT2D eigenvalue weighted by molar-refractivity contribution is -0.188. The highest BCUT2D eigenvalue weighted by Crippen LogP contribution is 2.36. The van der Waals surface area contributed by atoms with E-state index < -0.39 is 0 Å². The number of nitrogens with one attached hydrogen (secondary N) is 1. The Bertz CT molecular complexity index is 375. The molecular formula is C19H38N2O2. The maximum atomic E-state index is 6.42. The fourth-order valence-electron chi connectivity index (χ4n) is 4.13. The SMILES string of the molecule is CC(C)(C)OC1CC(OC(C)(C)CC(C)(C)N2CCNCC2)C1. The quantitative estimate of drug-likeness (QED) is 0.813. The zero-order valence-corrected chi connectivity index (χ0v) is 16.4. The molecule has 1 saturated heterocycles. The average molecular weight is 327 g/mol. The molecule has 0 unspecified atom stereocenters. The first kappa shape index (κ1) is 19.2. The van der Waals surface area contributed by atoms with E-state index in [2.05, 4.69) is 58.7 Å². The van der Waals surface area contributed by atoms with Crippen LogP contribution in [0.25, 0.3) is 0 Å². The Labute approximate surface area is 143 Å². The van der Waals surface area contributed by atoms with Crippen molar-refractivity contribution >= 4 is 0 Å². The normalized spacial score (nSPS) is 27.8. The average Bonchev–Trinajstić information content (AvgIpc) is 2.34. The molecule has 2 rings (SSSR count). The summed E-state index contributed by atoms with van der Waals surface area (Å²) in [4.78, 5) is 2.60. The molecule has 0 spiro atoms. The second-order valence-corrected chi connectivity index (χ2v) is 9.55. The molecule has 2 fully saturated rings. The Morgan fingerprint density at radius 2 is 1.39 bits per heavy atom. The summed E-state index contributed by atoms with van der Waals surface area (Å²) >= 11 is 0. The number of nitrogens with zero attached hydrogens (tertiary/aromatic N) is 1. The van der Waals surface area contributed by atoms with Gasteiger partial charge in [0.1, 0.15) is 0 Å². The molecule has 0 radical (unpaired) electrons. The molecule has 136 valence electrons. The predicted octanol–water partition coefficient (Wildman–Crippen LogP) is 3.20. The van der Waals surface area contributed by atoms with Gasteiger partial charge in [-0.2, -0.15) is 0 Å². The first-order valence-electron chi connectivity index (χ1n) is 9.28. The molecule has 0 aromatic rings. The minimum Gasteiger partial charge on any atom is -0.372 e. The van der Waals surface area contributed by atoms with Crippen LogP contribution in [0.3, 0.4) is 0 Å². The molecule has 0 aromatic carbocycles. The van der Waals surface area contributed by atoms with Gasteiger partial charge in [-0.05, 0) is 54.9 Å². The van der Waals surface area contributed by atoms with Crippen molar-refractivity contribution in [3.05, 3.63) is 0 Å². The van der Waals surface area contributed by atoms with E-state index in [4.69, 9.17) is 9.47 Å². The van der Waals surface area contributed by atoms with Gasteiger partial charge in [0.05, 0.1) is 23.4 Å². The lowest BCUT2D eigenvalue weighted by atomic mass is 9.85. The van der Waals surface area contributed by atoms with Gasteiger partial charge in [-0.15, -0.1) is 0 Å². The fourth-order valence-corrected chi connectivity index (χ4v) is 4.13. The Balaban J connectivity index is 1.78. The molecule has 0 bridgehead atoms. The van der Waals surface area contributed by atoms with E-state index in [1.807, 2.05) is 0 Å². The van der Waals surface area contributed by atoms with Crippen LogP contribution < -0.4 is 5.32 Å². The van der Waals surface area contributed by atoms with Crippen molar-refractivity contribution in [2.24, 2.45) is 0 Å². The minimum atomic E-state index is -0.0915. The Kier molecular flexibility index (Phi) is 5.82. The predicted molar refractivity (Wildman–Crippen MR) is 96.0 cm³/mol. The van der Waals surface area contributed by atoms with Gasteiger partial charge in [0.2, 0.25) is 0 Å². The summed E-state index contributed by atoms with van der Waals surface area (Å²) in [6.07, 6.45) is 3.86. The number of hydrogen-bond acceptors (Lipinski definition) is 4. The topological polar surface area (TPSA) is 33.7 Å². The van der Waals surface area contributed by atoms with Crippen LogP contribution >= 0.6 is 0 Å². The first-order valence-corrected chi connectivity index (χ1v) is 9.28. The van der Waals surface area contributed by atoms with Crippen molar-refractivity contribution in [2.75, 3.05) is 26.2 Å². The summed E-state index contributed by atoms with van der Waals surface area (Å²) in [5, 5.41) is 3.44. The summed E-state index contributed by atoms with van der Waals surface area (Å²) in [5.74, 6) is 0. The third kappa shape index (κ3) is 6.00. The zero-order valence-electron chi connectivity index (χ0n) is 16.4. The second-order valence-electron chi connectivity index (χ2n) is 9.55. The Hall–Kier alpha value is -0.160. The molecule has 1 N–H and O–H groups in total. The molecule has 4 heteroatoms. The van der Waals surface area contributed by atoms with Gasteiger partial charge in [-0.3, -0.25) is 4.90 Å². The number of rotatable bonds is 6. The summed E-state index contributed by atoms with van der Waals surface area (Å²) in [5.41, 5.74) is 0.0395. The van der Waals surface area contributed by atoms with Gasteiger partial charge in [0.25, 0.3) is 0 Å². The van der Waals surface area contributed by atoms with Crippen LogP contribution in [0.15, 0.2) is 0 Å². The molecule has 23 heavy (non-hydrogen) atoms. The molecule has 0 atom stereocenters. The van der Waals surface area contributed by atoms with Crippen LogP contribution in [0.1, 0.15) is 67.7 Å². The van der Waals surface area contributed by atoms with Crippen LogP contribution in [0.5, 0.6) is 0 Å². The van der Waals surface area contributed by atoms with E-state index in [1.165, 1.54) is 0 Å². The number of hydrogen-bond donors (Lipinski definition) is 1. The van der Waals surface area contributed by atoms with E-state index in [9.17, 15) is 0 Å². The van der Waals surface area contributed by atoms with Crippen LogP contribution in [-0.4, -0.2) is 60.0 Å². The van der Waals surface area contributed by atoms with Gasteiger partial charge in [0.15, 0.2) is 0 Å². The molecule has 2 aliphatic rings. The van der Waals surface area contributed by atoms with E-state index >= 15 is 0 Å². The van der Waals surface area contributed by atoms with E-state index in [1.54, 1.807) is 0 Å². The van der Waals surface area contributed by atoms with E-state index in [-0.39, 0.29) is 16.7 Å². The molecule has 1 aliphatic carbocycles. The third-order valence-corrected chi connectivity index (χ3v) is 4.89. The molecule has 1 aliphatic heterocycles. The monoisotopic (exact) mass is 326 g/mol. The molecule has 4 nitrogen and oxygen atoms in total. The molecule has 0 amide bonds. The van der Waals surface area contributed by atoms with Crippen LogP contribution in [0, 0.1) is 0 Å². The van der Waals surface area contributed by atoms with Gasteiger partial charge >= 0.3 is 0 Å². The van der Waals surface area contributed by atoms with Gasteiger partial charge in [0, 0.05) is 44.6 Å². The number of piperazine rings is 1. The summed E-state index contributed by atoms with van der Waals surface area (Å²) in [7, 11) is 0. The summed E-state index contributed by atoms with van der Waals surface area (Å²) < 4.78 is 12.4. The maximum absolute atomic E-state index is 6.42. The van der Waals surface area contributed by atoms with Crippen molar-refractivity contribution in [2.45, 2.75) is 96.7 Å². The van der Waals surface area contributed by atoms with Gasteiger partial charge in [-0.1, -0.05) is 0 Å². The molecule has 1 saturated carbocycles. The smallest absolute Gasteiger partial charge is 0.0647 e. The molecule has 0 aromatic heterocycles. The molecule has 1 heterocycles. The second kappa shape index (κ2) is 6.99. The maximum Gasteiger partial charge on any atom is 0.0647 e. The van der Waals surface area contributed by atoms with Crippen molar-refractivity contribution in [3.8, 4) is 0 Å². The van der Waals surface area contributed by atoms with Gasteiger partial charge < -0.3 is 14.8 Å². The fraction of sp³-hybridized carbons (Fsp3) is 1.00. The van der Waals surface area contributed by atoms with Crippen molar-refractivity contribution < 1.29 is 9.47 Å². The summed E-state index contributed by atoms with van der Waals surface area (Å²) in [6, 6.07) is 0. The van der Waals surface area contributed by atoms with E-state index in [0.717, 1.165) is 45.4 Å². The third-order valence-electron chi connectivity index (χ3n) is 4.89. The Morgan fingerprint density at radius 1 is 0.870 bits per heavy atom. The van der Waals surface area contributed by atoms with Crippen LogP contribution in [0.2, 0.25) is 0 Å². The van der Waals surface area contributed by atoms with E-state index in [0.29, 0.717) is 12.2 Å². The highest BCUT2D eigenvalue weighted by atomic mass is 16.5. The van der Waals surface area contributed by atoms with Crippen LogP contribution in [0.4, 0.5) is 0 Å².